The van der Waals surface area contributed by atoms with Crippen LogP contribution in [0.1, 0.15) is 26.3 Å². The molecule has 1 aromatic rings. The first-order chi connectivity index (χ1) is 9.85. The van der Waals surface area contributed by atoms with Gasteiger partial charge in [-0.25, -0.2) is 0 Å². The summed E-state index contributed by atoms with van der Waals surface area (Å²) in [5, 5.41) is 3.70. The van der Waals surface area contributed by atoms with Gasteiger partial charge in [0.2, 0.25) is 0 Å². The van der Waals surface area contributed by atoms with Crippen molar-refractivity contribution in [1.29, 1.82) is 0 Å². The molecular weight excluding hydrogens is 290 g/mol. The average molecular weight is 312 g/mol. The van der Waals surface area contributed by atoms with Crippen molar-refractivity contribution in [2.45, 2.75) is 32.7 Å². The second kappa shape index (κ2) is 6.43. The van der Waals surface area contributed by atoms with E-state index in [0.29, 0.717) is 42.2 Å². The van der Waals surface area contributed by atoms with E-state index in [2.05, 4.69) is 10.3 Å². The first-order valence-electron chi connectivity index (χ1n) is 7.01. The summed E-state index contributed by atoms with van der Waals surface area (Å²) in [6, 6.07) is 3.83. The molecule has 0 aliphatic carbocycles. The van der Waals surface area contributed by atoms with Crippen molar-refractivity contribution in [3.05, 3.63) is 22.7 Å². The van der Waals surface area contributed by atoms with E-state index in [-0.39, 0.29) is 5.54 Å². The molecule has 3 N–H and O–H groups in total. The number of hydrogen-bond acceptors (Lipinski definition) is 3. The van der Waals surface area contributed by atoms with Gasteiger partial charge in [-0.15, -0.1) is 0 Å². The number of halogens is 1. The molecule has 0 atom stereocenters. The van der Waals surface area contributed by atoms with Crippen LogP contribution in [-0.2, 0) is 6.42 Å². The van der Waals surface area contributed by atoms with Crippen LogP contribution < -0.4 is 20.5 Å². The molecule has 0 amide bonds. The molecule has 1 heterocycles. The Morgan fingerprint density at radius 2 is 2.05 bits per heavy atom. The van der Waals surface area contributed by atoms with Gasteiger partial charge in [0.25, 0.3) is 0 Å². The van der Waals surface area contributed by atoms with Gasteiger partial charge in [0.1, 0.15) is 13.2 Å². The molecule has 2 rings (SSSR count). The Hall–Kier alpha value is -1.62. The number of nitrogens with two attached hydrogens (primary N) is 1. The van der Waals surface area contributed by atoms with Gasteiger partial charge in [-0.3, -0.25) is 4.99 Å². The second-order valence-electron chi connectivity index (χ2n) is 5.99. The molecule has 0 radical (unpaired) electrons. The van der Waals surface area contributed by atoms with Gasteiger partial charge in [-0.05, 0) is 44.9 Å². The highest BCUT2D eigenvalue weighted by molar-refractivity contribution is 6.32. The minimum Gasteiger partial charge on any atom is -0.486 e. The fourth-order valence-electron chi connectivity index (χ4n) is 2.04. The lowest BCUT2D eigenvalue weighted by Gasteiger charge is -2.21. The van der Waals surface area contributed by atoms with Crippen LogP contribution in [0.3, 0.4) is 0 Å². The maximum atomic E-state index is 6.20. The molecule has 1 aromatic carbocycles. The van der Waals surface area contributed by atoms with Crippen molar-refractivity contribution < 1.29 is 9.47 Å². The Morgan fingerprint density at radius 3 is 2.76 bits per heavy atom. The van der Waals surface area contributed by atoms with Crippen LogP contribution in [0, 0.1) is 0 Å². The smallest absolute Gasteiger partial charge is 0.188 e. The number of hydrogen-bond donors (Lipinski definition) is 2. The molecule has 6 heteroatoms. The van der Waals surface area contributed by atoms with Crippen LogP contribution in [0.15, 0.2) is 17.1 Å². The number of benzene rings is 1. The summed E-state index contributed by atoms with van der Waals surface area (Å²) in [5.74, 6) is 1.78. The Kier molecular flexibility index (Phi) is 4.83. The van der Waals surface area contributed by atoms with Gasteiger partial charge in [-0.1, -0.05) is 11.6 Å². The predicted molar refractivity (Wildman–Crippen MR) is 85.5 cm³/mol. The molecule has 1 aliphatic rings. The lowest BCUT2D eigenvalue weighted by Crippen LogP contribution is -2.45. The van der Waals surface area contributed by atoms with E-state index >= 15 is 0 Å². The monoisotopic (exact) mass is 311 g/mol. The van der Waals surface area contributed by atoms with Gasteiger partial charge in [-0.2, -0.15) is 0 Å². The van der Waals surface area contributed by atoms with Gasteiger partial charge < -0.3 is 20.5 Å². The number of guanidine groups is 1. The third-order valence-electron chi connectivity index (χ3n) is 2.84. The van der Waals surface area contributed by atoms with E-state index in [4.69, 9.17) is 26.8 Å². The minimum absolute atomic E-state index is 0.0894. The van der Waals surface area contributed by atoms with Crippen LogP contribution in [0.5, 0.6) is 11.5 Å². The zero-order valence-corrected chi connectivity index (χ0v) is 13.5. The van der Waals surface area contributed by atoms with Crippen LogP contribution in [0.4, 0.5) is 0 Å². The van der Waals surface area contributed by atoms with Crippen molar-refractivity contribution in [1.82, 2.24) is 5.32 Å². The summed E-state index contributed by atoms with van der Waals surface area (Å²) in [4.78, 5) is 4.31. The molecule has 0 spiro atoms. The Labute approximate surface area is 130 Å². The fraction of sp³-hybridized carbons (Fsp3) is 0.533. The molecule has 21 heavy (non-hydrogen) atoms. The largest absolute Gasteiger partial charge is 0.486 e. The third kappa shape index (κ3) is 4.70. The van der Waals surface area contributed by atoms with E-state index < -0.39 is 0 Å². The van der Waals surface area contributed by atoms with Crippen LogP contribution in [0.2, 0.25) is 5.02 Å². The molecule has 1 aliphatic heterocycles. The number of aliphatic imine (C=N–C) groups is 1. The molecule has 0 saturated carbocycles. The van der Waals surface area contributed by atoms with Crippen molar-refractivity contribution in [3.63, 3.8) is 0 Å². The highest BCUT2D eigenvalue weighted by Crippen LogP contribution is 2.38. The average Bonchev–Trinajstić information content (AvgIpc) is 2.36. The van der Waals surface area contributed by atoms with Gasteiger partial charge in [0, 0.05) is 12.1 Å². The molecule has 0 bridgehead atoms. The molecule has 0 fully saturated rings. The molecule has 0 saturated heterocycles. The van der Waals surface area contributed by atoms with Crippen molar-refractivity contribution in [2.75, 3.05) is 19.8 Å². The summed E-state index contributed by atoms with van der Waals surface area (Å²) < 4.78 is 11.0. The van der Waals surface area contributed by atoms with E-state index in [9.17, 15) is 0 Å². The summed E-state index contributed by atoms with van der Waals surface area (Å²) in [6.07, 6.45) is 0.739. The van der Waals surface area contributed by atoms with Gasteiger partial charge in [0.05, 0.1) is 5.02 Å². The molecule has 5 nitrogen and oxygen atoms in total. The fourth-order valence-corrected chi connectivity index (χ4v) is 2.33. The number of nitrogens with one attached hydrogen (secondary N) is 1. The number of nitrogens with zero attached hydrogens (tertiary/aromatic N) is 1. The van der Waals surface area contributed by atoms with Crippen molar-refractivity contribution >= 4 is 17.6 Å². The van der Waals surface area contributed by atoms with Crippen molar-refractivity contribution in [2.24, 2.45) is 10.7 Å². The summed E-state index contributed by atoms with van der Waals surface area (Å²) in [5.41, 5.74) is 6.80. The molecule has 0 unspecified atom stereocenters. The van der Waals surface area contributed by atoms with E-state index in [1.165, 1.54) is 0 Å². The quantitative estimate of drug-likeness (QED) is 0.664. The molecular formula is C15H22ClN3O2. The lowest BCUT2D eigenvalue weighted by atomic mass is 10.1. The topological polar surface area (TPSA) is 68.9 Å². The Bertz CT molecular complexity index is 538. The Morgan fingerprint density at radius 1 is 1.33 bits per heavy atom. The zero-order valence-electron chi connectivity index (χ0n) is 12.7. The highest BCUT2D eigenvalue weighted by atomic mass is 35.5. The first-order valence-corrected chi connectivity index (χ1v) is 7.39. The number of fused-ring (bicyclic) bond motifs is 1. The lowest BCUT2D eigenvalue weighted by molar-refractivity contribution is 0.171. The summed E-state index contributed by atoms with van der Waals surface area (Å²) in [6.45, 7) is 7.78. The van der Waals surface area contributed by atoms with E-state index in [1.807, 2.05) is 32.9 Å². The summed E-state index contributed by atoms with van der Waals surface area (Å²) >= 11 is 6.20. The normalized spacial score (nSPS) is 15.0. The van der Waals surface area contributed by atoms with Crippen LogP contribution in [-0.4, -0.2) is 31.3 Å². The molecule has 116 valence electrons. The number of rotatable bonds is 3. The SMILES string of the molecule is CC(C)(C)NC(N)=NCCc1cc(Cl)c2c(c1)OCCO2. The first kappa shape index (κ1) is 15.8. The molecule has 0 aromatic heterocycles. The number of ether oxygens (including phenoxy) is 2. The standard InChI is InChI=1S/C15H22ClN3O2/c1-15(2,3)19-14(17)18-5-4-10-8-11(16)13-12(9-10)20-6-7-21-13/h8-9H,4-7H2,1-3H3,(H3,17,18,19). The third-order valence-corrected chi connectivity index (χ3v) is 3.12. The summed E-state index contributed by atoms with van der Waals surface area (Å²) in [7, 11) is 0. The van der Waals surface area contributed by atoms with Crippen LogP contribution >= 0.6 is 11.6 Å². The second-order valence-corrected chi connectivity index (χ2v) is 6.40. The maximum Gasteiger partial charge on any atom is 0.188 e. The van der Waals surface area contributed by atoms with Gasteiger partial charge in [0.15, 0.2) is 17.5 Å². The van der Waals surface area contributed by atoms with Crippen molar-refractivity contribution in [3.8, 4) is 11.5 Å². The van der Waals surface area contributed by atoms with Gasteiger partial charge >= 0.3 is 0 Å². The van der Waals surface area contributed by atoms with E-state index in [1.54, 1.807) is 0 Å². The minimum atomic E-state index is -0.0894. The van der Waals surface area contributed by atoms with Crippen LogP contribution in [0.25, 0.3) is 0 Å². The highest BCUT2D eigenvalue weighted by Gasteiger charge is 2.16. The maximum absolute atomic E-state index is 6.20. The predicted octanol–water partition coefficient (Wildman–Crippen LogP) is 2.36. The van der Waals surface area contributed by atoms with E-state index in [0.717, 1.165) is 12.0 Å². The Balaban J connectivity index is 1.98. The zero-order chi connectivity index (χ0) is 15.5.